The summed E-state index contributed by atoms with van der Waals surface area (Å²) in [4.78, 5) is 0. The van der Waals surface area contributed by atoms with Gasteiger partial charge in [0.05, 0.1) is 21.9 Å². The number of furan rings is 2. The zero-order valence-corrected chi connectivity index (χ0v) is 52.1. The van der Waals surface area contributed by atoms with E-state index in [0.717, 1.165) is 65.3 Å². The van der Waals surface area contributed by atoms with Gasteiger partial charge in [0, 0.05) is 32.7 Å². The van der Waals surface area contributed by atoms with Crippen molar-refractivity contribution in [2.75, 3.05) is 0 Å². The van der Waals surface area contributed by atoms with Crippen LogP contribution in [0.1, 0.15) is 21.9 Å². The maximum Gasteiger partial charge on any atom is 0.143 e. The lowest BCUT2D eigenvalue weighted by molar-refractivity contribution is 0.669. The molecule has 2 heteroatoms. The van der Waals surface area contributed by atoms with E-state index in [9.17, 15) is 11.0 Å². The quantitative estimate of drug-likeness (QED) is 0.123. The van der Waals surface area contributed by atoms with E-state index < -0.39 is 48.3 Å². The Morgan fingerprint density at radius 3 is 0.990 bits per heavy atom. The lowest BCUT2D eigenvalue weighted by atomic mass is 9.84. The zero-order chi connectivity index (χ0) is 78.3. The van der Waals surface area contributed by atoms with Gasteiger partial charge < -0.3 is 8.83 Å². The number of fused-ring (bicyclic) bond motifs is 17. The molecule has 0 aliphatic heterocycles. The molecule has 0 N–H and O–H groups in total. The molecule has 0 radical (unpaired) electrons. The van der Waals surface area contributed by atoms with Crippen molar-refractivity contribution in [1.82, 2.24) is 0 Å². The molecular weight excluding hydrogens is 1190 g/mol. The van der Waals surface area contributed by atoms with Gasteiger partial charge in [0.2, 0.25) is 0 Å². The molecule has 454 valence electrons. The van der Waals surface area contributed by atoms with E-state index in [1.165, 1.54) is 21.5 Å². The van der Waals surface area contributed by atoms with Gasteiger partial charge in [-0.1, -0.05) is 321 Å². The van der Waals surface area contributed by atoms with Gasteiger partial charge in [-0.2, -0.15) is 0 Å². The summed E-state index contributed by atoms with van der Waals surface area (Å²) in [5, 5.41) is 15.2. The molecule has 98 heavy (non-hydrogen) atoms. The van der Waals surface area contributed by atoms with E-state index in [2.05, 4.69) is 84.9 Å². The van der Waals surface area contributed by atoms with Gasteiger partial charge in [-0.25, -0.2) is 0 Å². The second-order valence-electron chi connectivity index (χ2n) is 24.8. The van der Waals surface area contributed by atoms with Gasteiger partial charge in [0.15, 0.2) is 0 Å². The second-order valence-corrected chi connectivity index (χ2v) is 24.8. The van der Waals surface area contributed by atoms with E-state index in [1.807, 2.05) is 140 Å². The predicted molar refractivity (Wildman–Crippen MR) is 418 cm³/mol. The second kappa shape index (κ2) is 22.4. The summed E-state index contributed by atoms with van der Waals surface area (Å²) in [6.45, 7) is 0. The summed E-state index contributed by atoms with van der Waals surface area (Å²) in [6.07, 6.45) is 0. The fourth-order valence-corrected chi connectivity index (χ4v) is 15.2. The zero-order valence-electron chi connectivity index (χ0n) is 68.1. The summed E-state index contributed by atoms with van der Waals surface area (Å²) >= 11 is 0. The maximum atomic E-state index is 9.49. The highest BCUT2D eigenvalue weighted by atomic mass is 16.3. The summed E-state index contributed by atoms with van der Waals surface area (Å²) < 4.78 is 159. The highest BCUT2D eigenvalue weighted by Gasteiger charge is 2.24. The van der Waals surface area contributed by atoms with E-state index in [-0.39, 0.29) is 97.0 Å². The van der Waals surface area contributed by atoms with Crippen LogP contribution in [0.5, 0.6) is 0 Å². The Morgan fingerprint density at radius 1 is 0.194 bits per heavy atom. The summed E-state index contributed by atoms with van der Waals surface area (Å²) in [5.74, 6) is 0. The number of para-hydroxylation sites is 2. The predicted octanol–water partition coefficient (Wildman–Crippen LogP) is 27.6. The van der Waals surface area contributed by atoms with Gasteiger partial charge in [-0.3, -0.25) is 0 Å². The minimum atomic E-state index is -0.441. The van der Waals surface area contributed by atoms with Crippen LogP contribution >= 0.6 is 0 Å². The molecule has 0 unspecified atom stereocenters. The van der Waals surface area contributed by atoms with E-state index in [1.54, 1.807) is 30.3 Å². The SMILES string of the molecule is [2H]c1c([2H])c([2H])c2c(-c3cccc4oc5c(-c6ccc7c(ccc8ccccc87)c6)cccc5c34)c3c([2H])c([2H])c([2H])c([2H])c3c(-c3ccc4ccccc4c3)c2c1[2H].[2H]c1c([2H])c([2H])c2c(-c3cccc4oc5c(-c6ccc7c(ccc8ccccc87)c6)cccc5c34)c3c([2H])c([2H])c([2H])c([2H])c3c(-c3ccccc3)c2c1[2H]. The van der Waals surface area contributed by atoms with Gasteiger partial charge in [0.25, 0.3) is 0 Å². The summed E-state index contributed by atoms with van der Waals surface area (Å²) in [6, 6.07) is 77.3. The summed E-state index contributed by atoms with van der Waals surface area (Å²) in [7, 11) is 0. The third kappa shape index (κ3) is 8.75. The third-order valence-corrected chi connectivity index (χ3v) is 19.5. The first-order valence-electron chi connectivity index (χ1n) is 40.5. The normalized spacial score (nSPS) is 14.2. The molecule has 21 rings (SSSR count). The highest BCUT2D eigenvalue weighted by molar-refractivity contribution is 6.29. The number of hydrogen-bond donors (Lipinski definition) is 0. The Hall–Kier alpha value is -12.9. The number of hydrogen-bond acceptors (Lipinski definition) is 2. The first kappa shape index (κ1) is 41.7. The summed E-state index contributed by atoms with van der Waals surface area (Å²) in [5.41, 5.74) is 9.37. The minimum Gasteiger partial charge on any atom is -0.455 e. The molecule has 0 amide bonds. The van der Waals surface area contributed by atoms with Crippen molar-refractivity contribution in [1.29, 1.82) is 0 Å². The van der Waals surface area contributed by atoms with Gasteiger partial charge in [0.1, 0.15) is 22.3 Å². The molecule has 2 heterocycles. The van der Waals surface area contributed by atoms with Crippen molar-refractivity contribution in [3.63, 3.8) is 0 Å². The Kier molecular flexibility index (Phi) is 9.54. The molecular formula is C96H58O2. The molecule has 0 bridgehead atoms. The molecule has 19 aromatic carbocycles. The fraction of sp³-hybridized carbons (Fsp3) is 0. The smallest absolute Gasteiger partial charge is 0.143 e. The standard InChI is InChI=1S/C50H30O.C46H28O/c1-2-13-33-29-36(26-23-31(33)11-1)47-40-15-5-7-17-42(40)48(43-18-8-6-16-41(43)47)44-20-10-22-46-49(44)45-21-9-19-39(50(45)51-46)35-27-28-38-34(30-35)25-24-32-12-3-4-14-37(32)38;1-2-13-30(14-3-1)43-36-16-6-8-18-38(36)44(39-19-9-7-17-37(39)43)40-21-11-23-42-45(40)41-22-10-20-35(46(41)47-42)32-26-27-34-31(28-32)25-24-29-12-4-5-15-33(29)34/h1-30H;1-28H/i5D,6D,7D,8D,15D,16D,17D,18D;6D,7D,8D,9D,16D,17D,18D,19D. The molecule has 0 fully saturated rings. The van der Waals surface area contributed by atoms with Crippen LogP contribution in [0.3, 0.4) is 0 Å². The molecule has 2 nitrogen and oxygen atoms in total. The van der Waals surface area contributed by atoms with Crippen molar-refractivity contribution >= 4 is 141 Å². The number of rotatable bonds is 6. The third-order valence-electron chi connectivity index (χ3n) is 19.5. The Balaban J connectivity index is 0.000000148. The lowest BCUT2D eigenvalue weighted by Gasteiger charge is -2.18. The molecule has 0 atom stereocenters. The average molecular weight is 1260 g/mol. The molecule has 21 aromatic rings. The average Bonchev–Trinajstić information content (AvgIpc) is 0.957. The van der Waals surface area contributed by atoms with Crippen molar-refractivity contribution < 1.29 is 30.8 Å². The van der Waals surface area contributed by atoms with E-state index in [0.29, 0.717) is 72.0 Å². The van der Waals surface area contributed by atoms with Crippen molar-refractivity contribution in [2.45, 2.75) is 0 Å². The van der Waals surface area contributed by atoms with Gasteiger partial charge in [-0.05, 0) is 183 Å². The minimum absolute atomic E-state index is 0.163. The Labute approximate surface area is 587 Å². The van der Waals surface area contributed by atoms with Crippen LogP contribution in [0.4, 0.5) is 0 Å². The van der Waals surface area contributed by atoms with Crippen LogP contribution < -0.4 is 0 Å². The van der Waals surface area contributed by atoms with Crippen LogP contribution in [0, 0.1) is 0 Å². The first-order valence-corrected chi connectivity index (χ1v) is 32.5. The number of benzene rings is 19. The van der Waals surface area contributed by atoms with Crippen LogP contribution in [0.15, 0.2) is 360 Å². The fourth-order valence-electron chi connectivity index (χ4n) is 15.2. The van der Waals surface area contributed by atoms with E-state index >= 15 is 0 Å². The van der Waals surface area contributed by atoms with Crippen LogP contribution in [-0.4, -0.2) is 0 Å². The van der Waals surface area contributed by atoms with Gasteiger partial charge >= 0.3 is 0 Å². The largest absolute Gasteiger partial charge is 0.455 e. The van der Waals surface area contributed by atoms with Crippen LogP contribution in [-0.2, 0) is 0 Å². The van der Waals surface area contributed by atoms with Crippen LogP contribution in [0.2, 0.25) is 0 Å². The lowest BCUT2D eigenvalue weighted by Crippen LogP contribution is -1.91. The van der Waals surface area contributed by atoms with Crippen LogP contribution in [0.25, 0.3) is 208 Å². The van der Waals surface area contributed by atoms with Gasteiger partial charge in [-0.15, -0.1) is 0 Å². The molecule has 0 saturated carbocycles. The Bertz CT molecular complexity index is 7720. The van der Waals surface area contributed by atoms with E-state index in [4.69, 9.17) is 19.8 Å². The molecule has 0 spiro atoms. The maximum absolute atomic E-state index is 9.49. The molecule has 0 saturated heterocycles. The molecule has 2 aromatic heterocycles. The Morgan fingerprint density at radius 2 is 0.520 bits per heavy atom. The molecule has 0 aliphatic carbocycles. The highest BCUT2D eigenvalue weighted by Crippen LogP contribution is 2.51. The first-order chi connectivity index (χ1) is 55.3. The monoisotopic (exact) mass is 1260 g/mol. The van der Waals surface area contributed by atoms with Crippen molar-refractivity contribution in [2.24, 2.45) is 0 Å². The molecule has 0 aliphatic rings. The van der Waals surface area contributed by atoms with Crippen molar-refractivity contribution in [3.8, 4) is 66.8 Å². The van der Waals surface area contributed by atoms with Crippen molar-refractivity contribution in [3.05, 3.63) is 351 Å². The topological polar surface area (TPSA) is 26.3 Å².